The Morgan fingerprint density at radius 1 is 0.900 bits per heavy atom. The van der Waals surface area contributed by atoms with Gasteiger partial charge in [-0.15, -0.1) is 0 Å². The van der Waals surface area contributed by atoms with E-state index < -0.39 is 0 Å². The van der Waals surface area contributed by atoms with Crippen LogP contribution in [0.1, 0.15) is 59.8 Å². The van der Waals surface area contributed by atoms with E-state index >= 15 is 0 Å². The SMILES string of the molecule is CC.CC.OCCN1CCC(CC2CCNCC2)CC1. The maximum Gasteiger partial charge on any atom is 0.0558 e. The Morgan fingerprint density at radius 3 is 1.90 bits per heavy atom. The van der Waals surface area contributed by atoms with Crippen molar-refractivity contribution in [3.05, 3.63) is 0 Å². The second-order valence-electron chi connectivity index (χ2n) is 5.44. The molecule has 2 rings (SSSR count). The number of hydrogen-bond donors (Lipinski definition) is 2. The minimum atomic E-state index is 0.318. The van der Waals surface area contributed by atoms with E-state index in [1.807, 2.05) is 27.7 Å². The highest BCUT2D eigenvalue weighted by Crippen LogP contribution is 2.28. The Bertz CT molecular complexity index is 185. The molecule has 3 nitrogen and oxygen atoms in total. The van der Waals surface area contributed by atoms with Crippen LogP contribution < -0.4 is 5.32 Å². The van der Waals surface area contributed by atoms with Crippen LogP contribution in [0, 0.1) is 11.8 Å². The third kappa shape index (κ3) is 8.23. The number of β-amino-alcohol motifs (C(OH)–C–C–N with tert-alkyl or cyclic N) is 1. The van der Waals surface area contributed by atoms with Gasteiger partial charge in [-0.05, 0) is 70.1 Å². The summed E-state index contributed by atoms with van der Waals surface area (Å²) in [6, 6.07) is 0. The van der Waals surface area contributed by atoms with Crippen LogP contribution in [0.4, 0.5) is 0 Å². The molecule has 0 saturated carbocycles. The monoisotopic (exact) mass is 286 g/mol. The molecule has 0 aromatic rings. The molecule has 0 atom stereocenters. The second kappa shape index (κ2) is 13.8. The molecule has 2 fully saturated rings. The minimum absolute atomic E-state index is 0.318. The molecule has 20 heavy (non-hydrogen) atoms. The highest BCUT2D eigenvalue weighted by Gasteiger charge is 2.22. The number of hydrogen-bond acceptors (Lipinski definition) is 3. The van der Waals surface area contributed by atoms with Crippen LogP contribution in [0.3, 0.4) is 0 Å². The van der Waals surface area contributed by atoms with Crippen LogP contribution in [0.5, 0.6) is 0 Å². The molecule has 0 bridgehead atoms. The van der Waals surface area contributed by atoms with Crippen LogP contribution >= 0.6 is 0 Å². The lowest BCUT2D eigenvalue weighted by atomic mass is 9.83. The molecule has 2 N–H and O–H groups in total. The predicted molar refractivity (Wildman–Crippen MR) is 89.2 cm³/mol. The summed E-state index contributed by atoms with van der Waals surface area (Å²) in [5.41, 5.74) is 0. The van der Waals surface area contributed by atoms with Crippen molar-refractivity contribution >= 4 is 0 Å². The number of piperidine rings is 2. The molecule has 2 aliphatic rings. The van der Waals surface area contributed by atoms with E-state index in [4.69, 9.17) is 5.11 Å². The predicted octanol–water partition coefficient (Wildman–Crippen LogP) is 3.13. The van der Waals surface area contributed by atoms with Gasteiger partial charge in [0, 0.05) is 6.54 Å². The Hall–Kier alpha value is -0.120. The van der Waals surface area contributed by atoms with Gasteiger partial charge in [-0.3, -0.25) is 0 Å². The standard InChI is InChI=1S/C13H26N2O.2C2H6/c16-10-9-15-7-3-13(4-8-15)11-12-1-5-14-6-2-12;2*1-2/h12-14,16H,1-11H2;2*1-2H3. The lowest BCUT2D eigenvalue weighted by Gasteiger charge is -2.34. The lowest BCUT2D eigenvalue weighted by Crippen LogP contribution is -2.37. The Balaban J connectivity index is 0.000000829. The zero-order valence-electron chi connectivity index (χ0n) is 14.3. The van der Waals surface area contributed by atoms with E-state index in [2.05, 4.69) is 10.2 Å². The maximum atomic E-state index is 8.90. The van der Waals surface area contributed by atoms with E-state index in [0.717, 1.165) is 18.4 Å². The quantitative estimate of drug-likeness (QED) is 0.833. The van der Waals surface area contributed by atoms with Gasteiger partial charge in [0.25, 0.3) is 0 Å². The van der Waals surface area contributed by atoms with Gasteiger partial charge in [-0.1, -0.05) is 27.7 Å². The fourth-order valence-corrected chi connectivity index (χ4v) is 3.18. The smallest absolute Gasteiger partial charge is 0.0558 e. The molecular weight excluding hydrogens is 248 g/mol. The van der Waals surface area contributed by atoms with E-state index in [1.165, 1.54) is 58.3 Å². The van der Waals surface area contributed by atoms with Gasteiger partial charge < -0.3 is 15.3 Å². The maximum absolute atomic E-state index is 8.90. The summed E-state index contributed by atoms with van der Waals surface area (Å²) >= 11 is 0. The Morgan fingerprint density at radius 2 is 1.40 bits per heavy atom. The van der Waals surface area contributed by atoms with Gasteiger partial charge in [0.1, 0.15) is 0 Å². The molecule has 0 spiro atoms. The molecule has 2 heterocycles. The van der Waals surface area contributed by atoms with Crippen LogP contribution in [0.25, 0.3) is 0 Å². The molecule has 0 amide bonds. The summed E-state index contributed by atoms with van der Waals surface area (Å²) in [6.45, 7) is 14.1. The summed E-state index contributed by atoms with van der Waals surface area (Å²) in [5.74, 6) is 1.94. The summed E-state index contributed by atoms with van der Waals surface area (Å²) in [7, 11) is 0. The fourth-order valence-electron chi connectivity index (χ4n) is 3.18. The van der Waals surface area contributed by atoms with E-state index in [9.17, 15) is 0 Å². The first-order chi connectivity index (χ1) is 9.88. The highest BCUT2D eigenvalue weighted by atomic mass is 16.3. The molecule has 2 saturated heterocycles. The van der Waals surface area contributed by atoms with Gasteiger partial charge in [0.2, 0.25) is 0 Å². The topological polar surface area (TPSA) is 35.5 Å². The number of aliphatic hydroxyl groups is 1. The van der Waals surface area contributed by atoms with E-state index in [-0.39, 0.29) is 0 Å². The van der Waals surface area contributed by atoms with Crippen LogP contribution in [-0.2, 0) is 0 Å². The van der Waals surface area contributed by atoms with Gasteiger partial charge in [0.15, 0.2) is 0 Å². The van der Waals surface area contributed by atoms with Gasteiger partial charge in [0.05, 0.1) is 6.61 Å². The lowest BCUT2D eigenvalue weighted by molar-refractivity contribution is 0.133. The van der Waals surface area contributed by atoms with E-state index in [1.54, 1.807) is 0 Å². The van der Waals surface area contributed by atoms with E-state index in [0.29, 0.717) is 6.61 Å². The average molecular weight is 287 g/mol. The number of nitrogens with one attached hydrogen (secondary N) is 1. The zero-order valence-corrected chi connectivity index (χ0v) is 14.3. The summed E-state index contributed by atoms with van der Waals surface area (Å²) < 4.78 is 0. The van der Waals surface area contributed by atoms with Crippen molar-refractivity contribution in [3.8, 4) is 0 Å². The first-order valence-electron chi connectivity index (χ1n) is 8.92. The second-order valence-corrected chi connectivity index (χ2v) is 5.44. The van der Waals surface area contributed by atoms with Gasteiger partial charge in [-0.2, -0.15) is 0 Å². The highest BCUT2D eigenvalue weighted by molar-refractivity contribution is 4.77. The number of rotatable bonds is 4. The fraction of sp³-hybridized carbons (Fsp3) is 1.00. The van der Waals surface area contributed by atoms with Gasteiger partial charge in [-0.25, -0.2) is 0 Å². The Labute approximate surface area is 127 Å². The molecule has 0 radical (unpaired) electrons. The average Bonchev–Trinajstić information content (AvgIpc) is 2.54. The Kier molecular flexibility index (Phi) is 13.8. The third-order valence-electron chi connectivity index (χ3n) is 4.25. The van der Waals surface area contributed by atoms with Crippen molar-refractivity contribution in [1.29, 1.82) is 0 Å². The molecule has 122 valence electrons. The molecule has 0 aromatic heterocycles. The van der Waals surface area contributed by atoms with Crippen molar-refractivity contribution in [3.63, 3.8) is 0 Å². The summed E-state index contributed by atoms with van der Waals surface area (Å²) in [4.78, 5) is 2.40. The molecule has 0 aliphatic carbocycles. The van der Waals surface area contributed by atoms with Crippen molar-refractivity contribution in [2.75, 3.05) is 39.3 Å². The minimum Gasteiger partial charge on any atom is -0.395 e. The molecular formula is C17H38N2O. The third-order valence-corrected chi connectivity index (χ3v) is 4.25. The van der Waals surface area contributed by atoms with Crippen molar-refractivity contribution in [1.82, 2.24) is 10.2 Å². The van der Waals surface area contributed by atoms with Crippen LogP contribution in [-0.4, -0.2) is 49.3 Å². The molecule has 2 aliphatic heterocycles. The molecule has 0 aromatic carbocycles. The van der Waals surface area contributed by atoms with Gasteiger partial charge >= 0.3 is 0 Å². The first-order valence-corrected chi connectivity index (χ1v) is 8.92. The number of nitrogens with zero attached hydrogens (tertiary/aromatic N) is 1. The van der Waals surface area contributed by atoms with Crippen molar-refractivity contribution < 1.29 is 5.11 Å². The largest absolute Gasteiger partial charge is 0.395 e. The first kappa shape index (κ1) is 19.9. The summed E-state index contributed by atoms with van der Waals surface area (Å²) in [6.07, 6.45) is 6.93. The van der Waals surface area contributed by atoms with Crippen molar-refractivity contribution in [2.24, 2.45) is 11.8 Å². The summed E-state index contributed by atoms with van der Waals surface area (Å²) in [5, 5.41) is 12.3. The number of aliphatic hydroxyl groups excluding tert-OH is 1. The normalized spacial score (nSPS) is 21.4. The number of likely N-dealkylation sites (tertiary alicyclic amines) is 1. The zero-order chi connectivity index (χ0) is 15.2. The van der Waals surface area contributed by atoms with Crippen LogP contribution in [0.15, 0.2) is 0 Å². The van der Waals surface area contributed by atoms with Crippen molar-refractivity contribution in [2.45, 2.75) is 59.8 Å². The molecule has 3 heteroatoms. The van der Waals surface area contributed by atoms with Crippen LogP contribution in [0.2, 0.25) is 0 Å². The molecule has 0 unspecified atom stereocenters.